The Morgan fingerprint density at radius 3 is 2.37 bits per heavy atom. The Morgan fingerprint density at radius 2 is 1.73 bits per heavy atom. The second-order valence-corrected chi connectivity index (χ2v) is 7.11. The third-order valence-corrected chi connectivity index (χ3v) is 4.59. The lowest BCUT2D eigenvalue weighted by Gasteiger charge is -2.13. The molecule has 156 valence electrons. The predicted molar refractivity (Wildman–Crippen MR) is 111 cm³/mol. The van der Waals surface area contributed by atoms with Crippen LogP contribution < -0.4 is 16.4 Å². The van der Waals surface area contributed by atoms with E-state index in [4.69, 9.17) is 5.73 Å². The molecule has 0 aliphatic heterocycles. The molecule has 3 rings (SSSR count). The number of anilines is 2. The van der Waals surface area contributed by atoms with E-state index < -0.39 is 5.91 Å². The van der Waals surface area contributed by atoms with Crippen molar-refractivity contribution >= 4 is 23.3 Å². The molecule has 0 bridgehead atoms. The Hall–Kier alpha value is -3.75. The fraction of sp³-hybridized carbons (Fsp3) is 0.238. The van der Waals surface area contributed by atoms with Crippen molar-refractivity contribution in [1.82, 2.24) is 20.3 Å². The number of nitrogen functional groups attached to an aromatic ring is 1. The molecule has 0 radical (unpaired) electrons. The monoisotopic (exact) mass is 410 g/mol. The fourth-order valence-electron chi connectivity index (χ4n) is 3.16. The van der Waals surface area contributed by atoms with Gasteiger partial charge in [-0.3, -0.25) is 9.59 Å². The van der Waals surface area contributed by atoms with Gasteiger partial charge < -0.3 is 16.4 Å². The molecule has 4 N–H and O–H groups in total. The van der Waals surface area contributed by atoms with Crippen molar-refractivity contribution < 1.29 is 14.0 Å². The lowest BCUT2D eigenvalue weighted by Crippen LogP contribution is -2.25. The average molecular weight is 410 g/mol. The van der Waals surface area contributed by atoms with Gasteiger partial charge in [-0.2, -0.15) is 0 Å². The van der Waals surface area contributed by atoms with Crippen molar-refractivity contribution in [2.75, 3.05) is 11.1 Å². The van der Waals surface area contributed by atoms with Gasteiger partial charge in [0, 0.05) is 12.2 Å². The van der Waals surface area contributed by atoms with Gasteiger partial charge in [-0.05, 0) is 49.6 Å². The molecule has 9 heteroatoms. The van der Waals surface area contributed by atoms with Crippen molar-refractivity contribution in [3.8, 4) is 0 Å². The zero-order chi connectivity index (χ0) is 21.8. The molecule has 1 heterocycles. The average Bonchev–Trinajstić information content (AvgIpc) is 3.04. The third kappa shape index (κ3) is 4.80. The molecular weight excluding hydrogens is 387 g/mol. The largest absolute Gasteiger partial charge is 0.382 e. The Bertz CT molecular complexity index is 1070. The van der Waals surface area contributed by atoms with E-state index in [0.29, 0.717) is 0 Å². The molecule has 0 fully saturated rings. The smallest absolute Gasteiger partial charge is 0.275 e. The molecule has 0 saturated heterocycles. The Labute approximate surface area is 173 Å². The second kappa shape index (κ2) is 8.73. The number of hydrogen-bond donors (Lipinski definition) is 3. The van der Waals surface area contributed by atoms with E-state index in [2.05, 4.69) is 20.9 Å². The Kier molecular flexibility index (Phi) is 6.10. The number of carbonyl (C=O) groups is 2. The van der Waals surface area contributed by atoms with Crippen LogP contribution in [0.15, 0.2) is 36.4 Å². The zero-order valence-corrected chi connectivity index (χ0v) is 17.0. The molecule has 0 saturated carbocycles. The number of aromatic nitrogens is 3. The van der Waals surface area contributed by atoms with Gasteiger partial charge in [-0.15, -0.1) is 5.10 Å². The van der Waals surface area contributed by atoms with E-state index in [1.807, 2.05) is 32.9 Å². The number of carbonyl (C=O) groups excluding carboxylic acids is 2. The summed E-state index contributed by atoms with van der Waals surface area (Å²) in [5, 5.41) is 13.1. The highest BCUT2D eigenvalue weighted by Crippen LogP contribution is 2.22. The normalized spacial score (nSPS) is 10.7. The van der Waals surface area contributed by atoms with Crippen LogP contribution in [-0.2, 0) is 17.9 Å². The summed E-state index contributed by atoms with van der Waals surface area (Å²) in [6.45, 7) is 5.82. The number of nitrogens with one attached hydrogen (secondary N) is 2. The van der Waals surface area contributed by atoms with Crippen molar-refractivity contribution in [2.24, 2.45) is 0 Å². The minimum atomic E-state index is -0.534. The van der Waals surface area contributed by atoms with Crippen LogP contribution in [-0.4, -0.2) is 26.8 Å². The molecule has 0 aliphatic rings. The number of amides is 2. The van der Waals surface area contributed by atoms with Crippen LogP contribution in [0.3, 0.4) is 0 Å². The van der Waals surface area contributed by atoms with Gasteiger partial charge in [0.1, 0.15) is 12.4 Å². The van der Waals surface area contributed by atoms with E-state index in [9.17, 15) is 14.0 Å². The van der Waals surface area contributed by atoms with Crippen LogP contribution in [0.1, 0.15) is 32.7 Å². The summed E-state index contributed by atoms with van der Waals surface area (Å²) in [4.78, 5) is 24.8. The molecule has 2 amide bonds. The SMILES string of the molecule is Cc1cc(C)c(NC(=O)Cn2nnc(C(=O)NCc3ccc(F)cc3)c2N)c(C)c1. The molecular formula is C21H23FN6O2. The van der Waals surface area contributed by atoms with Crippen LogP contribution >= 0.6 is 0 Å². The highest BCUT2D eigenvalue weighted by Gasteiger charge is 2.19. The van der Waals surface area contributed by atoms with Crippen LogP contribution in [0.25, 0.3) is 0 Å². The predicted octanol–water partition coefficient (Wildman–Crippen LogP) is 2.49. The number of halogens is 1. The van der Waals surface area contributed by atoms with Crippen molar-refractivity contribution in [2.45, 2.75) is 33.9 Å². The number of nitrogens with zero attached hydrogens (tertiary/aromatic N) is 3. The van der Waals surface area contributed by atoms with Gasteiger partial charge in [0.15, 0.2) is 11.5 Å². The number of aryl methyl sites for hydroxylation is 3. The summed E-state index contributed by atoms with van der Waals surface area (Å²) in [5.41, 5.74) is 10.4. The lowest BCUT2D eigenvalue weighted by molar-refractivity contribution is -0.116. The lowest BCUT2D eigenvalue weighted by atomic mass is 10.1. The maximum atomic E-state index is 13.0. The van der Waals surface area contributed by atoms with Crippen LogP contribution in [0, 0.1) is 26.6 Å². The Morgan fingerprint density at radius 1 is 1.10 bits per heavy atom. The van der Waals surface area contributed by atoms with Crippen LogP contribution in [0.5, 0.6) is 0 Å². The number of benzene rings is 2. The fourth-order valence-corrected chi connectivity index (χ4v) is 3.16. The standard InChI is InChI=1S/C21H23FN6O2/c1-12-8-13(2)18(14(3)9-12)25-17(29)11-28-20(23)19(26-27-28)21(30)24-10-15-4-6-16(22)7-5-15/h4-9H,10-11,23H2,1-3H3,(H,24,30)(H,25,29). The first-order chi connectivity index (χ1) is 14.2. The van der Waals surface area contributed by atoms with Gasteiger partial charge in [0.05, 0.1) is 0 Å². The highest BCUT2D eigenvalue weighted by atomic mass is 19.1. The molecule has 0 aliphatic carbocycles. The Balaban J connectivity index is 1.64. The first-order valence-corrected chi connectivity index (χ1v) is 9.34. The quantitative estimate of drug-likeness (QED) is 0.578. The van der Waals surface area contributed by atoms with Crippen molar-refractivity contribution in [1.29, 1.82) is 0 Å². The first-order valence-electron chi connectivity index (χ1n) is 9.34. The van der Waals surface area contributed by atoms with Gasteiger partial charge in [0.2, 0.25) is 5.91 Å². The van der Waals surface area contributed by atoms with Crippen molar-refractivity contribution in [3.63, 3.8) is 0 Å². The summed E-state index contributed by atoms with van der Waals surface area (Å²) >= 11 is 0. The van der Waals surface area contributed by atoms with E-state index in [-0.39, 0.29) is 36.3 Å². The molecule has 0 spiro atoms. The maximum absolute atomic E-state index is 13.0. The molecule has 30 heavy (non-hydrogen) atoms. The van der Waals surface area contributed by atoms with E-state index in [1.165, 1.54) is 16.8 Å². The first kappa shape index (κ1) is 21.0. The summed E-state index contributed by atoms with van der Waals surface area (Å²) < 4.78 is 14.1. The topological polar surface area (TPSA) is 115 Å². The molecule has 3 aromatic rings. The molecule has 0 atom stereocenters. The molecule has 0 unspecified atom stereocenters. The minimum absolute atomic E-state index is 0.0147. The summed E-state index contributed by atoms with van der Waals surface area (Å²) in [6.07, 6.45) is 0. The van der Waals surface area contributed by atoms with Crippen molar-refractivity contribution in [3.05, 3.63) is 70.2 Å². The zero-order valence-electron chi connectivity index (χ0n) is 17.0. The van der Waals surface area contributed by atoms with Gasteiger partial charge in [-0.25, -0.2) is 9.07 Å². The summed E-state index contributed by atoms with van der Waals surface area (Å²) in [7, 11) is 0. The van der Waals surface area contributed by atoms with E-state index in [1.54, 1.807) is 12.1 Å². The maximum Gasteiger partial charge on any atom is 0.275 e. The molecule has 1 aromatic heterocycles. The van der Waals surface area contributed by atoms with Gasteiger partial charge in [-0.1, -0.05) is 35.0 Å². The molecule has 2 aromatic carbocycles. The van der Waals surface area contributed by atoms with E-state index in [0.717, 1.165) is 27.9 Å². The van der Waals surface area contributed by atoms with Gasteiger partial charge >= 0.3 is 0 Å². The van der Waals surface area contributed by atoms with E-state index >= 15 is 0 Å². The molecule has 8 nitrogen and oxygen atoms in total. The number of rotatable bonds is 6. The third-order valence-electron chi connectivity index (χ3n) is 4.59. The van der Waals surface area contributed by atoms with Gasteiger partial charge in [0.25, 0.3) is 5.91 Å². The summed E-state index contributed by atoms with van der Waals surface area (Å²) in [5.74, 6) is -1.24. The second-order valence-electron chi connectivity index (χ2n) is 7.11. The summed E-state index contributed by atoms with van der Waals surface area (Å²) in [6, 6.07) is 9.71. The van der Waals surface area contributed by atoms with Crippen LogP contribution in [0.4, 0.5) is 15.9 Å². The minimum Gasteiger partial charge on any atom is -0.382 e. The number of hydrogen-bond acceptors (Lipinski definition) is 5. The number of nitrogens with two attached hydrogens (primary N) is 1. The van der Waals surface area contributed by atoms with Crippen LogP contribution in [0.2, 0.25) is 0 Å². The highest BCUT2D eigenvalue weighted by molar-refractivity contribution is 5.97.